The van der Waals surface area contributed by atoms with E-state index >= 15 is 0 Å². The summed E-state index contributed by atoms with van der Waals surface area (Å²) < 4.78 is 35.6. The molecule has 1 atom stereocenters. The molecule has 1 fully saturated rings. The molecule has 1 saturated heterocycles. The Labute approximate surface area is 61.0 Å². The smallest absolute Gasteiger partial charge is 0.342 e. The predicted octanol–water partition coefficient (Wildman–Crippen LogP) is -0.363. The second-order valence-electron chi connectivity index (χ2n) is 2.29. The molecule has 1 heterocycles. The lowest BCUT2D eigenvalue weighted by atomic mass is 10.2. The van der Waals surface area contributed by atoms with Crippen LogP contribution in [0.4, 0.5) is 13.2 Å². The highest BCUT2D eigenvalue weighted by atomic mass is 19.4. The Hall–Kier alpha value is -0.780. The van der Waals surface area contributed by atoms with E-state index in [1.807, 2.05) is 5.32 Å². The van der Waals surface area contributed by atoms with Gasteiger partial charge in [0.2, 0.25) is 5.91 Å². The minimum absolute atomic E-state index is 0.0351. The van der Waals surface area contributed by atoms with Crippen LogP contribution in [0.1, 0.15) is 0 Å². The fourth-order valence-corrected chi connectivity index (χ4v) is 0.824. The molecule has 2 N–H and O–H groups in total. The van der Waals surface area contributed by atoms with Gasteiger partial charge >= 0.3 is 6.18 Å². The fraction of sp³-hybridized carbons (Fsp3) is 0.800. The molecule has 3 nitrogen and oxygen atoms in total. The first-order valence-corrected chi connectivity index (χ1v) is 3.07. The summed E-state index contributed by atoms with van der Waals surface area (Å²) in [4.78, 5) is 10.4. The van der Waals surface area contributed by atoms with Gasteiger partial charge in [-0.05, 0) is 0 Å². The standard InChI is InChI=1S/C5H7F3N2O/c6-5(7,8)3-1-9-2-4(11)10-3/h3,9H,1-2H2,(H,10,11). The zero-order valence-corrected chi connectivity index (χ0v) is 5.53. The van der Waals surface area contributed by atoms with Gasteiger partial charge in [-0.15, -0.1) is 0 Å². The molecule has 0 aliphatic carbocycles. The third-order valence-corrected chi connectivity index (χ3v) is 1.36. The molecule has 11 heavy (non-hydrogen) atoms. The predicted molar refractivity (Wildman–Crippen MR) is 30.9 cm³/mol. The van der Waals surface area contributed by atoms with Crippen LogP contribution in [0.15, 0.2) is 0 Å². The van der Waals surface area contributed by atoms with Gasteiger partial charge in [0.05, 0.1) is 6.54 Å². The zero-order valence-electron chi connectivity index (χ0n) is 5.53. The number of alkyl halides is 3. The molecule has 0 saturated carbocycles. The molecule has 64 valence electrons. The van der Waals surface area contributed by atoms with Gasteiger partial charge in [0.15, 0.2) is 0 Å². The molecule has 0 radical (unpaired) electrons. The van der Waals surface area contributed by atoms with Crippen LogP contribution in [-0.4, -0.2) is 31.2 Å². The van der Waals surface area contributed by atoms with Crippen molar-refractivity contribution in [1.29, 1.82) is 0 Å². The highest BCUT2D eigenvalue weighted by molar-refractivity contribution is 5.79. The van der Waals surface area contributed by atoms with Gasteiger partial charge in [0.1, 0.15) is 6.04 Å². The van der Waals surface area contributed by atoms with E-state index in [4.69, 9.17) is 0 Å². The second kappa shape index (κ2) is 2.69. The molecule has 1 aliphatic rings. The lowest BCUT2D eigenvalue weighted by Gasteiger charge is -2.25. The van der Waals surface area contributed by atoms with Crippen molar-refractivity contribution in [1.82, 2.24) is 10.6 Å². The Morgan fingerprint density at radius 1 is 1.45 bits per heavy atom. The summed E-state index contributed by atoms with van der Waals surface area (Å²) in [5, 5.41) is 4.19. The summed E-state index contributed by atoms with van der Waals surface area (Å²) in [6, 6.07) is -1.73. The maximum Gasteiger partial charge on any atom is 0.409 e. The summed E-state index contributed by atoms with van der Waals surface area (Å²) >= 11 is 0. The van der Waals surface area contributed by atoms with Crippen molar-refractivity contribution in [2.24, 2.45) is 0 Å². The lowest BCUT2D eigenvalue weighted by Crippen LogP contribution is -2.58. The van der Waals surface area contributed by atoms with Crippen LogP contribution >= 0.6 is 0 Å². The zero-order chi connectivity index (χ0) is 8.48. The second-order valence-corrected chi connectivity index (χ2v) is 2.29. The molecule has 0 spiro atoms. The van der Waals surface area contributed by atoms with Crippen LogP contribution in [0.25, 0.3) is 0 Å². The SMILES string of the molecule is O=C1CNCC(C(F)(F)F)N1. The fourth-order valence-electron chi connectivity index (χ4n) is 0.824. The number of rotatable bonds is 0. The Kier molecular flexibility index (Phi) is 2.03. The molecular weight excluding hydrogens is 161 g/mol. The highest BCUT2D eigenvalue weighted by Crippen LogP contribution is 2.20. The number of carbonyl (C=O) groups excluding carboxylic acids is 1. The van der Waals surface area contributed by atoms with Crippen molar-refractivity contribution in [3.05, 3.63) is 0 Å². The van der Waals surface area contributed by atoms with Gasteiger partial charge in [-0.3, -0.25) is 4.79 Å². The molecule has 1 amide bonds. The topological polar surface area (TPSA) is 41.1 Å². The molecule has 0 aromatic heterocycles. The molecule has 1 unspecified atom stereocenters. The first kappa shape index (κ1) is 8.32. The maximum atomic E-state index is 11.9. The van der Waals surface area contributed by atoms with E-state index in [2.05, 4.69) is 5.32 Å². The van der Waals surface area contributed by atoms with E-state index in [0.717, 1.165) is 0 Å². The van der Waals surface area contributed by atoms with E-state index in [9.17, 15) is 18.0 Å². The Morgan fingerprint density at radius 3 is 2.45 bits per heavy atom. The van der Waals surface area contributed by atoms with E-state index in [-0.39, 0.29) is 13.1 Å². The van der Waals surface area contributed by atoms with Crippen LogP contribution in [0.2, 0.25) is 0 Å². The largest absolute Gasteiger partial charge is 0.409 e. The summed E-state index contributed by atoms with van der Waals surface area (Å²) in [5.41, 5.74) is 0. The Bertz CT molecular complexity index is 168. The van der Waals surface area contributed by atoms with Crippen molar-refractivity contribution >= 4 is 5.91 Å². The molecule has 6 heteroatoms. The van der Waals surface area contributed by atoms with Crippen molar-refractivity contribution < 1.29 is 18.0 Å². The third kappa shape index (κ3) is 2.07. The lowest BCUT2D eigenvalue weighted by molar-refractivity contribution is -0.164. The summed E-state index contributed by atoms with van der Waals surface area (Å²) in [6.45, 7) is -0.276. The quantitative estimate of drug-likeness (QED) is 0.518. The monoisotopic (exact) mass is 168 g/mol. The molecular formula is C5H7F3N2O. The maximum absolute atomic E-state index is 11.9. The Morgan fingerprint density at radius 2 is 2.09 bits per heavy atom. The van der Waals surface area contributed by atoms with E-state index in [1.54, 1.807) is 0 Å². The first-order valence-electron chi connectivity index (χ1n) is 3.07. The number of nitrogens with one attached hydrogen (secondary N) is 2. The van der Waals surface area contributed by atoms with Crippen molar-refractivity contribution in [3.63, 3.8) is 0 Å². The minimum atomic E-state index is -4.34. The van der Waals surface area contributed by atoms with Gasteiger partial charge < -0.3 is 10.6 Å². The molecule has 0 bridgehead atoms. The third-order valence-electron chi connectivity index (χ3n) is 1.36. The molecule has 1 aliphatic heterocycles. The molecule has 0 aromatic rings. The van der Waals surface area contributed by atoms with Crippen LogP contribution < -0.4 is 10.6 Å². The van der Waals surface area contributed by atoms with E-state index in [0.29, 0.717) is 0 Å². The Balaban J connectivity index is 2.53. The van der Waals surface area contributed by atoms with Crippen LogP contribution in [0.3, 0.4) is 0 Å². The number of hydrogen-bond acceptors (Lipinski definition) is 2. The molecule has 1 rings (SSSR count). The minimum Gasteiger partial charge on any atom is -0.342 e. The summed E-state index contributed by atoms with van der Waals surface area (Å²) in [5.74, 6) is -0.612. The van der Waals surface area contributed by atoms with Crippen molar-refractivity contribution in [2.75, 3.05) is 13.1 Å². The number of amides is 1. The number of piperazine rings is 1. The first-order chi connectivity index (χ1) is 5.00. The van der Waals surface area contributed by atoms with Crippen LogP contribution in [0, 0.1) is 0 Å². The average molecular weight is 168 g/mol. The summed E-state index contributed by atoms with van der Waals surface area (Å²) in [7, 11) is 0. The normalized spacial score (nSPS) is 26.5. The summed E-state index contributed by atoms with van der Waals surface area (Å²) in [6.07, 6.45) is -4.34. The van der Waals surface area contributed by atoms with E-state index in [1.165, 1.54) is 0 Å². The highest BCUT2D eigenvalue weighted by Gasteiger charge is 2.41. The molecule has 0 aromatic carbocycles. The average Bonchev–Trinajstić information content (AvgIpc) is 1.86. The van der Waals surface area contributed by atoms with Gasteiger partial charge in [0.25, 0.3) is 0 Å². The van der Waals surface area contributed by atoms with Crippen LogP contribution in [0.5, 0.6) is 0 Å². The van der Waals surface area contributed by atoms with Crippen molar-refractivity contribution in [3.8, 4) is 0 Å². The van der Waals surface area contributed by atoms with Gasteiger partial charge in [0, 0.05) is 6.54 Å². The van der Waals surface area contributed by atoms with Gasteiger partial charge in [-0.1, -0.05) is 0 Å². The number of hydrogen-bond donors (Lipinski definition) is 2. The van der Waals surface area contributed by atoms with Gasteiger partial charge in [-0.25, -0.2) is 0 Å². The van der Waals surface area contributed by atoms with E-state index < -0.39 is 18.1 Å². The number of halogens is 3. The number of carbonyl (C=O) groups is 1. The van der Waals surface area contributed by atoms with Crippen molar-refractivity contribution in [2.45, 2.75) is 12.2 Å². The van der Waals surface area contributed by atoms with Crippen LogP contribution in [-0.2, 0) is 4.79 Å². The van der Waals surface area contributed by atoms with Gasteiger partial charge in [-0.2, -0.15) is 13.2 Å².